The smallest absolute Gasteiger partial charge is 0.167 e. The van der Waals surface area contributed by atoms with E-state index < -0.39 is 0 Å². The molecule has 0 spiro atoms. The number of methoxy groups -OCH3 is 2. The predicted octanol–water partition coefficient (Wildman–Crippen LogP) is 1.92. The minimum Gasteiger partial charge on any atom is -0.493 e. The summed E-state index contributed by atoms with van der Waals surface area (Å²) in [6, 6.07) is 5.49. The van der Waals surface area contributed by atoms with Gasteiger partial charge < -0.3 is 9.47 Å². The molecule has 0 aromatic heterocycles. The first-order chi connectivity index (χ1) is 6.83. The molecule has 14 heavy (non-hydrogen) atoms. The van der Waals surface area contributed by atoms with Crippen LogP contribution in [0.5, 0.6) is 11.5 Å². The number of aldehydes is 1. The summed E-state index contributed by atoms with van der Waals surface area (Å²) in [5, 5.41) is 0. The van der Waals surface area contributed by atoms with Crippen molar-refractivity contribution in [1.29, 1.82) is 0 Å². The van der Waals surface area contributed by atoms with Gasteiger partial charge in [-0.2, -0.15) is 0 Å². The molecule has 1 aromatic rings. The van der Waals surface area contributed by atoms with Gasteiger partial charge in [0, 0.05) is 5.56 Å². The number of para-hydroxylation sites is 1. The average molecular weight is 192 g/mol. The summed E-state index contributed by atoms with van der Waals surface area (Å²) in [6.07, 6.45) is 3.81. The van der Waals surface area contributed by atoms with Gasteiger partial charge in [0.1, 0.15) is 6.29 Å². The van der Waals surface area contributed by atoms with E-state index in [2.05, 4.69) is 0 Å². The summed E-state index contributed by atoms with van der Waals surface area (Å²) in [6.45, 7) is 0. The first-order valence-electron chi connectivity index (χ1n) is 4.16. The molecule has 0 unspecified atom stereocenters. The lowest BCUT2D eigenvalue weighted by Crippen LogP contribution is -1.92. The van der Waals surface area contributed by atoms with Gasteiger partial charge in [0.05, 0.1) is 14.2 Å². The summed E-state index contributed by atoms with van der Waals surface area (Å²) < 4.78 is 10.3. The Kier molecular flexibility index (Phi) is 3.73. The van der Waals surface area contributed by atoms with Crippen LogP contribution in [0.3, 0.4) is 0 Å². The maximum Gasteiger partial charge on any atom is 0.167 e. The number of hydrogen-bond donors (Lipinski definition) is 0. The number of ether oxygens (including phenoxy) is 2. The Morgan fingerprint density at radius 1 is 1.21 bits per heavy atom. The first-order valence-corrected chi connectivity index (χ1v) is 4.16. The third kappa shape index (κ3) is 2.13. The van der Waals surface area contributed by atoms with Crippen LogP contribution in [-0.4, -0.2) is 20.5 Å². The minimum absolute atomic E-state index is 0.633. The van der Waals surface area contributed by atoms with Crippen LogP contribution < -0.4 is 9.47 Å². The van der Waals surface area contributed by atoms with E-state index in [1.54, 1.807) is 26.4 Å². The molecule has 3 nitrogen and oxygen atoms in total. The molecule has 0 heterocycles. The Morgan fingerprint density at radius 2 is 2.00 bits per heavy atom. The number of hydrogen-bond acceptors (Lipinski definition) is 3. The highest BCUT2D eigenvalue weighted by molar-refractivity contribution is 5.76. The zero-order valence-electron chi connectivity index (χ0n) is 8.19. The van der Waals surface area contributed by atoms with Crippen LogP contribution in [0.4, 0.5) is 0 Å². The van der Waals surface area contributed by atoms with Crippen molar-refractivity contribution in [2.75, 3.05) is 14.2 Å². The molecule has 0 amide bonds. The van der Waals surface area contributed by atoms with E-state index >= 15 is 0 Å². The van der Waals surface area contributed by atoms with Crippen molar-refractivity contribution >= 4 is 12.4 Å². The number of benzene rings is 1. The zero-order chi connectivity index (χ0) is 10.4. The lowest BCUT2D eigenvalue weighted by Gasteiger charge is -2.09. The lowest BCUT2D eigenvalue weighted by atomic mass is 10.1. The molecular weight excluding hydrogens is 180 g/mol. The topological polar surface area (TPSA) is 35.5 Å². The quantitative estimate of drug-likeness (QED) is 0.540. The van der Waals surface area contributed by atoms with Crippen LogP contribution in [0.15, 0.2) is 24.3 Å². The fourth-order valence-corrected chi connectivity index (χ4v) is 1.19. The van der Waals surface area contributed by atoms with Gasteiger partial charge in [-0.1, -0.05) is 12.1 Å². The molecule has 0 N–H and O–H groups in total. The van der Waals surface area contributed by atoms with Crippen LogP contribution in [0.2, 0.25) is 0 Å². The van der Waals surface area contributed by atoms with E-state index in [4.69, 9.17) is 9.47 Å². The second-order valence-corrected chi connectivity index (χ2v) is 2.58. The molecule has 1 rings (SSSR count). The second-order valence-electron chi connectivity index (χ2n) is 2.58. The Balaban J connectivity index is 3.14. The van der Waals surface area contributed by atoms with Crippen molar-refractivity contribution < 1.29 is 14.3 Å². The molecule has 0 saturated heterocycles. The van der Waals surface area contributed by atoms with E-state index in [1.165, 1.54) is 6.08 Å². The minimum atomic E-state index is 0.633. The van der Waals surface area contributed by atoms with Gasteiger partial charge in [-0.3, -0.25) is 4.79 Å². The van der Waals surface area contributed by atoms with Crippen LogP contribution in [0, 0.1) is 0 Å². The maximum atomic E-state index is 10.2. The standard InChI is InChI=1S/C11H12O3/c1-13-10-7-3-5-9(6-4-8-12)11(10)14-2/h3-8H,1-2H3/b6-4+. The largest absolute Gasteiger partial charge is 0.493 e. The Hall–Kier alpha value is -1.77. The molecule has 3 heteroatoms. The summed E-state index contributed by atoms with van der Waals surface area (Å²) >= 11 is 0. The molecule has 0 aliphatic carbocycles. The number of carbonyl (C=O) groups is 1. The molecule has 1 aromatic carbocycles. The summed E-state index contributed by atoms with van der Waals surface area (Å²) in [5.74, 6) is 1.29. The molecule has 0 saturated carbocycles. The maximum absolute atomic E-state index is 10.2. The van der Waals surface area contributed by atoms with Gasteiger partial charge >= 0.3 is 0 Å². The van der Waals surface area contributed by atoms with E-state index in [0.29, 0.717) is 11.5 Å². The lowest BCUT2D eigenvalue weighted by molar-refractivity contribution is -0.104. The van der Waals surface area contributed by atoms with E-state index in [9.17, 15) is 4.79 Å². The first kappa shape index (κ1) is 10.3. The van der Waals surface area contributed by atoms with Crippen molar-refractivity contribution in [3.63, 3.8) is 0 Å². The zero-order valence-corrected chi connectivity index (χ0v) is 8.19. The highest BCUT2D eigenvalue weighted by Gasteiger charge is 2.05. The highest BCUT2D eigenvalue weighted by Crippen LogP contribution is 2.31. The van der Waals surface area contributed by atoms with Gasteiger partial charge in [-0.05, 0) is 18.2 Å². The van der Waals surface area contributed by atoms with E-state index in [0.717, 1.165) is 11.8 Å². The van der Waals surface area contributed by atoms with Crippen molar-refractivity contribution in [2.24, 2.45) is 0 Å². The molecule has 74 valence electrons. The Morgan fingerprint density at radius 3 is 2.57 bits per heavy atom. The summed E-state index contributed by atoms with van der Waals surface area (Å²) in [7, 11) is 3.14. The van der Waals surface area contributed by atoms with Gasteiger partial charge in [-0.25, -0.2) is 0 Å². The van der Waals surface area contributed by atoms with Gasteiger partial charge in [0.25, 0.3) is 0 Å². The molecule has 0 aliphatic rings. The van der Waals surface area contributed by atoms with Gasteiger partial charge in [0.2, 0.25) is 0 Å². The van der Waals surface area contributed by atoms with Crippen molar-refractivity contribution in [3.8, 4) is 11.5 Å². The van der Waals surface area contributed by atoms with Crippen molar-refractivity contribution in [3.05, 3.63) is 29.8 Å². The number of carbonyl (C=O) groups excluding carboxylic acids is 1. The second kappa shape index (κ2) is 5.07. The van der Waals surface area contributed by atoms with Crippen LogP contribution >= 0.6 is 0 Å². The monoisotopic (exact) mass is 192 g/mol. The van der Waals surface area contributed by atoms with E-state index in [-0.39, 0.29) is 0 Å². The molecule has 0 fully saturated rings. The van der Waals surface area contributed by atoms with Crippen molar-refractivity contribution in [2.45, 2.75) is 0 Å². The van der Waals surface area contributed by atoms with Gasteiger partial charge in [0.15, 0.2) is 11.5 Å². The Labute approximate surface area is 83.0 Å². The third-order valence-corrected chi connectivity index (χ3v) is 1.79. The van der Waals surface area contributed by atoms with Crippen molar-refractivity contribution in [1.82, 2.24) is 0 Å². The normalized spacial score (nSPS) is 10.1. The molecule has 0 radical (unpaired) electrons. The fourth-order valence-electron chi connectivity index (χ4n) is 1.19. The molecular formula is C11H12O3. The average Bonchev–Trinajstić information content (AvgIpc) is 2.25. The van der Waals surface area contributed by atoms with E-state index in [1.807, 2.05) is 12.1 Å². The van der Waals surface area contributed by atoms with Crippen LogP contribution in [0.1, 0.15) is 5.56 Å². The number of allylic oxidation sites excluding steroid dienone is 1. The van der Waals surface area contributed by atoms with Gasteiger partial charge in [-0.15, -0.1) is 0 Å². The molecule has 0 atom stereocenters. The summed E-state index contributed by atoms with van der Waals surface area (Å²) in [5.41, 5.74) is 0.818. The summed E-state index contributed by atoms with van der Waals surface area (Å²) in [4.78, 5) is 10.2. The van der Waals surface area contributed by atoms with Crippen LogP contribution in [0.25, 0.3) is 6.08 Å². The highest BCUT2D eigenvalue weighted by atomic mass is 16.5. The fraction of sp³-hybridized carbons (Fsp3) is 0.182. The van der Waals surface area contributed by atoms with Crippen LogP contribution in [-0.2, 0) is 4.79 Å². The predicted molar refractivity (Wildman–Crippen MR) is 54.6 cm³/mol. The Bertz CT molecular complexity index is 342. The molecule has 0 bridgehead atoms. The molecule has 0 aliphatic heterocycles. The third-order valence-electron chi connectivity index (χ3n) is 1.79. The number of rotatable bonds is 4. The SMILES string of the molecule is COc1cccc(/C=C/C=O)c1OC.